The van der Waals surface area contributed by atoms with E-state index >= 15 is 0 Å². The minimum Gasteiger partial charge on any atom is -0.311 e. The minimum atomic E-state index is -0.237. The van der Waals surface area contributed by atoms with E-state index in [9.17, 15) is 0 Å². The van der Waals surface area contributed by atoms with Crippen molar-refractivity contribution in [3.05, 3.63) is 343 Å². The average Bonchev–Trinajstić information content (AvgIpc) is 0.697. The highest BCUT2D eigenvalue weighted by atomic mass is 15.5. The van der Waals surface area contributed by atoms with Gasteiger partial charge in [-0.1, -0.05) is 255 Å². The van der Waals surface area contributed by atoms with Gasteiger partial charge >= 0.3 is 0 Å². The van der Waals surface area contributed by atoms with Crippen LogP contribution in [-0.2, 0) is 0 Å². The minimum absolute atomic E-state index is 0.237. The number of amidine groups is 6. The Bertz CT molecular complexity index is 5790. The van der Waals surface area contributed by atoms with Crippen molar-refractivity contribution in [1.82, 2.24) is 9.80 Å². The maximum Gasteiger partial charge on any atom is 0.252 e. The molecule has 12 aromatic rings. The van der Waals surface area contributed by atoms with E-state index in [1.807, 2.05) is 127 Å². The summed E-state index contributed by atoms with van der Waals surface area (Å²) in [5.74, 6) is 5.17. The van der Waals surface area contributed by atoms with Crippen molar-refractivity contribution in [1.29, 1.82) is 0 Å². The molecule has 17 heteroatoms. The smallest absolute Gasteiger partial charge is 0.252 e. The van der Waals surface area contributed by atoms with Crippen LogP contribution in [-0.4, -0.2) is 87.3 Å². The zero-order chi connectivity index (χ0) is 66.5. The Labute approximate surface area is 580 Å². The van der Waals surface area contributed by atoms with Crippen LogP contribution in [0, 0.1) is 0 Å². The second-order valence-corrected chi connectivity index (χ2v) is 25.0. The monoisotopic (exact) mass is 1290 g/mol. The third-order valence-corrected chi connectivity index (χ3v) is 19.0. The molecule has 101 heavy (non-hydrogen) atoms. The van der Waals surface area contributed by atoms with Crippen molar-refractivity contribution >= 4 is 128 Å². The predicted octanol–water partition coefficient (Wildman–Crippen LogP) is 14.9. The van der Waals surface area contributed by atoms with Crippen LogP contribution in [0.15, 0.2) is 369 Å². The fraction of sp³-hybridized carbons (Fsp3) is 0. The second kappa shape index (κ2) is 23.4. The molecule has 20 rings (SSSR count). The molecule has 0 fully saturated rings. The van der Waals surface area contributed by atoms with Gasteiger partial charge in [-0.25, -0.2) is 9.80 Å². The van der Waals surface area contributed by atoms with Crippen molar-refractivity contribution < 1.29 is 0 Å². The lowest BCUT2D eigenvalue weighted by molar-refractivity contribution is 0.827. The summed E-state index contributed by atoms with van der Waals surface area (Å²) in [5, 5.41) is 0. The molecule has 0 radical (unpaired) electrons. The van der Waals surface area contributed by atoms with Gasteiger partial charge < -0.3 is 9.80 Å². The SMILES string of the molecule is c1ccc(C2=NC3=NC(c4ccccc4)=NC4=NC(c5cccc(-c6ccc7c(c6)N(c6ccc(-c8ccccc8)cc6)c6cccc8c6B7c6ccc(C7=NC9=NC(c%10ccccc%10)=NC%10=NC(c%11ccccc%11)=NC(=N7)N%109)cc6N8c6ccc(-c7ccccc7)cc6)c5)=NC(=N2)N34)cc1. The van der Waals surface area contributed by atoms with E-state index in [-0.39, 0.29) is 6.71 Å². The number of hydrogen-bond acceptors (Lipinski definition) is 16. The highest BCUT2D eigenvalue weighted by Crippen LogP contribution is 2.46. The number of fused-ring (bicyclic) bond motifs is 4. The second-order valence-electron chi connectivity index (χ2n) is 25.0. The van der Waals surface area contributed by atoms with Gasteiger partial charge in [-0.15, -0.1) is 0 Å². The Morgan fingerprint density at radius 3 is 0.802 bits per heavy atom. The number of anilines is 6. The summed E-state index contributed by atoms with van der Waals surface area (Å²) < 4.78 is 0. The number of hydrogen-bond donors (Lipinski definition) is 0. The van der Waals surface area contributed by atoms with Gasteiger partial charge in [0, 0.05) is 67.5 Å². The molecule has 0 amide bonds. The summed E-state index contributed by atoms with van der Waals surface area (Å²) in [7, 11) is 0. The summed E-state index contributed by atoms with van der Waals surface area (Å²) in [6, 6.07) is 107. The average molecular weight is 1300 g/mol. The van der Waals surface area contributed by atoms with Crippen molar-refractivity contribution in [3.8, 4) is 33.4 Å². The Kier molecular flexibility index (Phi) is 13.2. The lowest BCUT2D eigenvalue weighted by Gasteiger charge is -2.44. The van der Waals surface area contributed by atoms with Crippen molar-refractivity contribution in [3.63, 3.8) is 0 Å². The van der Waals surface area contributed by atoms with Gasteiger partial charge in [0.25, 0.3) is 6.71 Å². The topological polar surface area (TPSA) is 161 Å². The zero-order valence-corrected chi connectivity index (χ0v) is 53.7. The molecule has 0 aromatic heterocycles. The first-order valence-corrected chi connectivity index (χ1v) is 33.3. The van der Waals surface area contributed by atoms with Crippen molar-refractivity contribution in [2.75, 3.05) is 9.80 Å². The lowest BCUT2D eigenvalue weighted by Crippen LogP contribution is -2.61. The van der Waals surface area contributed by atoms with Crippen LogP contribution in [0.25, 0.3) is 33.4 Å². The van der Waals surface area contributed by atoms with Gasteiger partial charge in [-0.05, 0) is 104 Å². The van der Waals surface area contributed by atoms with Crippen LogP contribution in [0.5, 0.6) is 0 Å². The summed E-state index contributed by atoms with van der Waals surface area (Å²) in [5.41, 5.74) is 20.9. The third kappa shape index (κ3) is 9.85. The molecule has 0 N–H and O–H groups in total. The highest BCUT2D eigenvalue weighted by molar-refractivity contribution is 7.00. The van der Waals surface area contributed by atoms with Gasteiger partial charge in [-0.3, -0.25) is 0 Å². The van der Waals surface area contributed by atoms with Gasteiger partial charge in [0.15, 0.2) is 35.0 Å². The quantitative estimate of drug-likeness (QED) is 0.118. The van der Waals surface area contributed by atoms with E-state index in [1.54, 1.807) is 9.80 Å². The molecule has 0 unspecified atom stereocenters. The van der Waals surface area contributed by atoms with E-state index in [0.717, 1.165) is 112 Å². The predicted molar refractivity (Wildman–Crippen MR) is 410 cm³/mol. The molecule has 0 atom stereocenters. The number of benzene rings is 12. The molecule has 8 heterocycles. The molecule has 0 spiro atoms. The van der Waals surface area contributed by atoms with E-state index in [0.29, 0.717) is 70.8 Å². The zero-order valence-electron chi connectivity index (χ0n) is 53.7. The fourth-order valence-electron chi connectivity index (χ4n) is 14.2. The van der Waals surface area contributed by atoms with Crippen LogP contribution >= 0.6 is 0 Å². The molecular weight excluding hydrogens is 1240 g/mol. The van der Waals surface area contributed by atoms with E-state index in [1.165, 1.54) is 5.46 Å². The summed E-state index contributed by atoms with van der Waals surface area (Å²) >= 11 is 0. The number of rotatable bonds is 11. The highest BCUT2D eigenvalue weighted by Gasteiger charge is 2.45. The number of aliphatic imine (C=N–C) groups is 12. The summed E-state index contributed by atoms with van der Waals surface area (Å²) in [6.45, 7) is -0.237. The third-order valence-electron chi connectivity index (χ3n) is 19.0. The van der Waals surface area contributed by atoms with Crippen LogP contribution < -0.4 is 26.2 Å². The van der Waals surface area contributed by atoms with Crippen LogP contribution in [0.2, 0.25) is 0 Å². The normalized spacial score (nSPS) is 15.7. The molecule has 0 aliphatic carbocycles. The van der Waals surface area contributed by atoms with Gasteiger partial charge in [0.05, 0.1) is 0 Å². The Morgan fingerprint density at radius 2 is 0.436 bits per heavy atom. The van der Waals surface area contributed by atoms with Gasteiger partial charge in [-0.2, -0.15) is 59.9 Å². The standard InChI is InChI=1S/C84H51BN16/c1-7-21-52(22-8-1)54-37-43-64(44-38-54)98-68-35-20-36-69-72(68)85(66-47-41-61(50-70(66)98)60-33-19-34-62(49-60)77-94-81-90-73(56-25-11-3-12-26-56)86-79-87-74(57-27-13-4-14-28-57)91-82(95-77)100(79)81)67-48-42-63(51-71(67)99(69)65-45-39-55(40-46-65)53-23-9-2-10-24-53)78-96-83-92-75(58-29-15-5-16-30-58)88-80-89-76(59-31-17-6-18-32-59)93-84(97-78)101(80)83/h1-51H. The molecule has 470 valence electrons. The fourth-order valence-corrected chi connectivity index (χ4v) is 14.2. The summed E-state index contributed by atoms with van der Waals surface area (Å²) in [4.78, 5) is 69.3. The first-order valence-electron chi connectivity index (χ1n) is 33.3. The lowest BCUT2D eigenvalue weighted by atomic mass is 9.33. The Hall–Kier alpha value is -14.1. The summed E-state index contributed by atoms with van der Waals surface area (Å²) in [6.07, 6.45) is 0. The number of nitrogens with zero attached hydrogens (tertiary/aromatic N) is 16. The molecule has 16 nitrogen and oxygen atoms in total. The number of guanidine groups is 6. The molecule has 8 aliphatic heterocycles. The maximum atomic E-state index is 5.28. The Balaban J connectivity index is 0.751. The molecule has 0 saturated heterocycles. The first kappa shape index (κ1) is 57.2. The largest absolute Gasteiger partial charge is 0.311 e. The van der Waals surface area contributed by atoms with Crippen LogP contribution in [0.1, 0.15) is 33.4 Å². The molecule has 0 bridgehead atoms. The Morgan fingerprint density at radius 1 is 0.178 bits per heavy atom. The van der Waals surface area contributed by atoms with E-state index in [4.69, 9.17) is 59.9 Å². The molecule has 8 aliphatic rings. The maximum absolute atomic E-state index is 5.28. The molecular formula is C84H51BN16. The van der Waals surface area contributed by atoms with Crippen LogP contribution in [0.3, 0.4) is 0 Å². The van der Waals surface area contributed by atoms with Gasteiger partial charge in [0.1, 0.15) is 0 Å². The molecule has 0 saturated carbocycles. The van der Waals surface area contributed by atoms with E-state index in [2.05, 4.69) is 192 Å². The van der Waals surface area contributed by atoms with E-state index < -0.39 is 0 Å². The van der Waals surface area contributed by atoms with Crippen LogP contribution in [0.4, 0.5) is 34.1 Å². The first-order chi connectivity index (χ1) is 50.0. The van der Waals surface area contributed by atoms with Crippen molar-refractivity contribution in [2.24, 2.45) is 59.9 Å². The van der Waals surface area contributed by atoms with Crippen molar-refractivity contribution in [2.45, 2.75) is 0 Å². The molecule has 12 aromatic carbocycles. The van der Waals surface area contributed by atoms with Gasteiger partial charge in [0.2, 0.25) is 35.8 Å².